The molecule has 2 heterocycles. The van der Waals surface area contributed by atoms with E-state index < -0.39 is 0 Å². The van der Waals surface area contributed by atoms with E-state index in [4.69, 9.17) is 0 Å². The van der Waals surface area contributed by atoms with Gasteiger partial charge in [0.1, 0.15) is 5.65 Å². The van der Waals surface area contributed by atoms with E-state index in [1.165, 1.54) is 11.1 Å². The summed E-state index contributed by atoms with van der Waals surface area (Å²) in [5.74, 6) is 0. The summed E-state index contributed by atoms with van der Waals surface area (Å²) in [6.07, 6.45) is 4.07. The van der Waals surface area contributed by atoms with Crippen LogP contribution in [0.1, 0.15) is 5.69 Å². The predicted molar refractivity (Wildman–Crippen MR) is 65.4 cm³/mol. The number of imidazole rings is 1. The molecule has 3 aromatic rings. The fourth-order valence-corrected chi connectivity index (χ4v) is 1.98. The van der Waals surface area contributed by atoms with Crippen LogP contribution in [0.15, 0.2) is 54.9 Å². The molecule has 16 heavy (non-hydrogen) atoms. The predicted octanol–water partition coefficient (Wildman–Crippen LogP) is 3.31. The minimum Gasteiger partial charge on any atom is -0.306 e. The molecule has 1 aromatic carbocycles. The minimum absolute atomic E-state index is 1.02. The number of benzene rings is 1. The summed E-state index contributed by atoms with van der Waals surface area (Å²) in [6, 6.07) is 14.5. The minimum atomic E-state index is 1.02. The van der Waals surface area contributed by atoms with Gasteiger partial charge in [-0.2, -0.15) is 0 Å². The zero-order valence-corrected chi connectivity index (χ0v) is 9.09. The lowest BCUT2D eigenvalue weighted by atomic mass is 10.1. The smallest absolute Gasteiger partial charge is 0.144 e. The summed E-state index contributed by atoms with van der Waals surface area (Å²) in [5, 5.41) is 0. The zero-order chi connectivity index (χ0) is 11.0. The maximum absolute atomic E-state index is 4.55. The zero-order valence-electron chi connectivity index (χ0n) is 9.09. The van der Waals surface area contributed by atoms with Gasteiger partial charge in [-0.15, -0.1) is 0 Å². The van der Waals surface area contributed by atoms with Gasteiger partial charge in [-0.05, 0) is 24.6 Å². The van der Waals surface area contributed by atoms with Crippen LogP contribution >= 0.6 is 0 Å². The first-order valence-electron chi connectivity index (χ1n) is 5.34. The molecule has 0 atom stereocenters. The summed E-state index contributed by atoms with van der Waals surface area (Å²) < 4.78 is 2.07. The molecule has 0 saturated carbocycles. The maximum atomic E-state index is 4.55. The Morgan fingerprint density at radius 1 is 1.00 bits per heavy atom. The molecule has 0 radical (unpaired) electrons. The average molecular weight is 208 g/mol. The molecule has 0 saturated heterocycles. The summed E-state index contributed by atoms with van der Waals surface area (Å²) in [5.41, 5.74) is 4.45. The van der Waals surface area contributed by atoms with Crippen molar-refractivity contribution in [2.24, 2.45) is 0 Å². The largest absolute Gasteiger partial charge is 0.306 e. The van der Waals surface area contributed by atoms with Gasteiger partial charge in [0.05, 0.1) is 5.69 Å². The Bertz CT molecular complexity index is 624. The molecule has 0 amide bonds. The fourth-order valence-electron chi connectivity index (χ4n) is 1.98. The van der Waals surface area contributed by atoms with Gasteiger partial charge in [0, 0.05) is 18.0 Å². The van der Waals surface area contributed by atoms with Crippen molar-refractivity contribution in [2.75, 3.05) is 0 Å². The Balaban J connectivity index is 2.31. The number of hydrogen-bond acceptors (Lipinski definition) is 1. The average Bonchev–Trinajstić information content (AvgIpc) is 2.70. The summed E-state index contributed by atoms with van der Waals surface area (Å²) in [4.78, 5) is 4.55. The molecule has 2 heteroatoms. The van der Waals surface area contributed by atoms with Gasteiger partial charge in [-0.3, -0.25) is 0 Å². The molecular formula is C14H12N2. The topological polar surface area (TPSA) is 17.3 Å². The van der Waals surface area contributed by atoms with Crippen LogP contribution in [-0.4, -0.2) is 9.38 Å². The van der Waals surface area contributed by atoms with Crippen molar-refractivity contribution in [3.8, 4) is 11.1 Å². The van der Waals surface area contributed by atoms with Crippen LogP contribution in [0.2, 0.25) is 0 Å². The lowest BCUT2D eigenvalue weighted by Crippen LogP contribution is -1.86. The molecule has 0 aliphatic rings. The maximum Gasteiger partial charge on any atom is 0.144 e. The summed E-state index contributed by atoms with van der Waals surface area (Å²) in [6.45, 7) is 2.02. The molecule has 0 bridgehead atoms. The van der Waals surface area contributed by atoms with Crippen molar-refractivity contribution in [1.82, 2.24) is 9.38 Å². The van der Waals surface area contributed by atoms with Gasteiger partial charge >= 0.3 is 0 Å². The Morgan fingerprint density at radius 2 is 1.81 bits per heavy atom. The van der Waals surface area contributed by atoms with E-state index >= 15 is 0 Å². The number of hydrogen-bond donors (Lipinski definition) is 0. The van der Waals surface area contributed by atoms with Crippen LogP contribution in [0.3, 0.4) is 0 Å². The van der Waals surface area contributed by atoms with Crippen molar-refractivity contribution >= 4 is 5.65 Å². The molecule has 78 valence electrons. The third-order valence-corrected chi connectivity index (χ3v) is 2.69. The highest BCUT2D eigenvalue weighted by Crippen LogP contribution is 2.23. The van der Waals surface area contributed by atoms with Gasteiger partial charge in [0.2, 0.25) is 0 Å². The quantitative estimate of drug-likeness (QED) is 0.599. The molecule has 2 aromatic heterocycles. The number of rotatable bonds is 1. The second kappa shape index (κ2) is 3.49. The van der Waals surface area contributed by atoms with E-state index in [1.807, 2.05) is 25.4 Å². The van der Waals surface area contributed by atoms with Crippen LogP contribution in [-0.2, 0) is 0 Å². The molecule has 2 nitrogen and oxygen atoms in total. The van der Waals surface area contributed by atoms with E-state index in [-0.39, 0.29) is 0 Å². The molecule has 0 aliphatic heterocycles. The number of fused-ring (bicyclic) bond motifs is 1. The second-order valence-electron chi connectivity index (χ2n) is 3.90. The first-order valence-corrected chi connectivity index (χ1v) is 5.34. The van der Waals surface area contributed by atoms with Crippen molar-refractivity contribution in [3.63, 3.8) is 0 Å². The van der Waals surface area contributed by atoms with E-state index in [0.717, 1.165) is 11.3 Å². The highest BCUT2D eigenvalue weighted by Gasteiger charge is 2.05. The monoisotopic (exact) mass is 208 g/mol. The van der Waals surface area contributed by atoms with Crippen LogP contribution in [0, 0.1) is 6.92 Å². The van der Waals surface area contributed by atoms with Crippen molar-refractivity contribution in [2.45, 2.75) is 6.92 Å². The van der Waals surface area contributed by atoms with Crippen molar-refractivity contribution < 1.29 is 0 Å². The molecule has 0 spiro atoms. The Kier molecular flexibility index (Phi) is 2.00. The van der Waals surface area contributed by atoms with Gasteiger partial charge in [-0.25, -0.2) is 4.98 Å². The first-order chi connectivity index (χ1) is 7.84. The van der Waals surface area contributed by atoms with Crippen molar-refractivity contribution in [1.29, 1.82) is 0 Å². The highest BCUT2D eigenvalue weighted by atomic mass is 15.0. The van der Waals surface area contributed by atoms with Crippen LogP contribution in [0.5, 0.6) is 0 Å². The molecule has 0 unspecified atom stereocenters. The molecule has 3 rings (SSSR count). The third kappa shape index (κ3) is 1.39. The number of aryl methyl sites for hydroxylation is 1. The molecular weight excluding hydrogens is 196 g/mol. The van der Waals surface area contributed by atoms with Gasteiger partial charge in [-0.1, -0.05) is 30.3 Å². The number of aromatic nitrogens is 2. The summed E-state index contributed by atoms with van der Waals surface area (Å²) >= 11 is 0. The number of nitrogens with zero attached hydrogens (tertiary/aromatic N) is 2. The fraction of sp³-hybridized carbons (Fsp3) is 0.0714. The van der Waals surface area contributed by atoms with Crippen molar-refractivity contribution in [3.05, 3.63) is 60.6 Å². The molecule has 0 aliphatic carbocycles. The van der Waals surface area contributed by atoms with Gasteiger partial charge in [0.15, 0.2) is 0 Å². The molecule has 0 N–H and O–H groups in total. The third-order valence-electron chi connectivity index (χ3n) is 2.69. The highest BCUT2D eigenvalue weighted by molar-refractivity contribution is 5.77. The SMILES string of the molecule is Cc1cn2cccc(-c3ccccc3)c2n1. The number of pyridine rings is 1. The van der Waals surface area contributed by atoms with Crippen LogP contribution < -0.4 is 0 Å². The van der Waals surface area contributed by atoms with Gasteiger partial charge in [0.25, 0.3) is 0 Å². The Morgan fingerprint density at radius 3 is 2.62 bits per heavy atom. The lowest BCUT2D eigenvalue weighted by molar-refractivity contribution is 1.19. The standard InChI is InChI=1S/C14H12N2/c1-11-10-16-9-5-8-13(14(16)15-11)12-6-3-2-4-7-12/h2-10H,1H3. The van der Waals surface area contributed by atoms with E-state index in [9.17, 15) is 0 Å². The normalized spacial score (nSPS) is 10.8. The Hall–Kier alpha value is -2.09. The van der Waals surface area contributed by atoms with Crippen LogP contribution in [0.4, 0.5) is 0 Å². The van der Waals surface area contributed by atoms with E-state index in [1.54, 1.807) is 0 Å². The Labute approximate surface area is 94.2 Å². The van der Waals surface area contributed by atoms with Gasteiger partial charge < -0.3 is 4.40 Å². The summed E-state index contributed by atoms with van der Waals surface area (Å²) in [7, 11) is 0. The lowest BCUT2D eigenvalue weighted by Gasteiger charge is -2.02. The van der Waals surface area contributed by atoms with E-state index in [0.29, 0.717) is 0 Å². The molecule has 0 fully saturated rings. The van der Waals surface area contributed by atoms with Crippen LogP contribution in [0.25, 0.3) is 16.8 Å². The van der Waals surface area contributed by atoms with E-state index in [2.05, 4.69) is 45.8 Å². The second-order valence-corrected chi connectivity index (χ2v) is 3.90. The first kappa shape index (κ1) is 9.16.